The molecule has 10 aromatic rings. The number of anilines is 4. The van der Waals surface area contributed by atoms with E-state index in [-0.39, 0.29) is 96.4 Å². The SMILES string of the molecule is COc1cc2c(cc1O)N=C[C@@H]1Cc3ccccc3N1C2=O.COc1cc2c(cc1OCc1cc(CCl)cc([N+](=O)[O-])c1)CC[C@@H]1Cc3ccccc3N1C2=O.COc1cc2c(cc1OCc1cc(COc3cc4c(cc3C)C(=O)N3c5ccccc5C[C@H]3C=N4)cc([N+](=O)[O-])c1)CC[C@@H]1Cc3ccccc3N1C2=O. The lowest BCUT2D eigenvalue weighted by Gasteiger charge is -2.23. The number of phenols is 1. The second-order valence-electron chi connectivity index (χ2n) is 28.1. The van der Waals surface area contributed by atoms with Crippen LogP contribution in [-0.4, -0.2) is 96.5 Å². The van der Waals surface area contributed by atoms with Gasteiger partial charge < -0.3 is 43.3 Å². The molecule has 8 aliphatic rings. The number of halogens is 1. The standard InChI is InChI=1S/C43H36N4O7.C26H23ClN2O5.C17H14N2O3/c1-25-13-35-36(44-22-33-18-30-8-4-6-10-38(30)46(33)43(35)49)21-39(25)53-23-26-14-27(16-32(15-26)47(50)51)24-54-41-19-28-11-12-31-17-29-7-3-5-9-37(29)45(31)42(48)34(28)20-40(41)52-2;1-33-24-13-22-18(6-7-20-11-19-4-2-3-5-23(19)28(20)26(22)30)12-25(24)34-15-17-8-16(14-27)9-21(10-17)29(31)32;1-22-16-7-12-13(8-15(16)20)18-9-11-6-10-4-2-3-5-14(10)19(11)17(12)21/h3-10,13-16,19-22,31,33H,11-12,17-18,23-24H2,1-2H3;2-5,8-10,12-13,20H,6-7,11,14-15H2,1H3;2-5,7-9,11,20H,6H2,1H3/t31-,33+;20-;11-/m110/s1. The van der Waals surface area contributed by atoms with Gasteiger partial charge in [-0.2, -0.15) is 0 Å². The van der Waals surface area contributed by atoms with Crippen molar-refractivity contribution in [3.05, 3.63) is 286 Å². The van der Waals surface area contributed by atoms with Gasteiger partial charge in [-0.15, -0.1) is 11.6 Å². The Morgan fingerprint density at radius 2 is 0.800 bits per heavy atom. The van der Waals surface area contributed by atoms with Crippen molar-refractivity contribution in [2.24, 2.45) is 9.98 Å². The smallest absolute Gasteiger partial charge is 0.270 e. The van der Waals surface area contributed by atoms with Crippen LogP contribution in [0.25, 0.3) is 0 Å². The fourth-order valence-electron chi connectivity index (χ4n) is 16.2. The van der Waals surface area contributed by atoms with E-state index >= 15 is 0 Å². The number of methoxy groups -OCH3 is 3. The Hall–Kier alpha value is -12.9. The van der Waals surface area contributed by atoms with Crippen molar-refractivity contribution >= 4 is 93.2 Å². The van der Waals surface area contributed by atoms with Gasteiger partial charge in [0.05, 0.1) is 65.8 Å². The molecule has 10 aromatic carbocycles. The average Bonchev–Trinajstić information content (AvgIpc) is 1.62. The van der Waals surface area contributed by atoms with Gasteiger partial charge in [0, 0.05) is 114 Å². The number of amides is 4. The first-order valence-corrected chi connectivity index (χ1v) is 36.7. The van der Waals surface area contributed by atoms with Crippen LogP contribution in [0.5, 0.6) is 40.2 Å². The summed E-state index contributed by atoms with van der Waals surface area (Å²) in [4.78, 5) is 93.0. The summed E-state index contributed by atoms with van der Waals surface area (Å²) in [6.45, 7) is 2.04. The molecule has 0 saturated carbocycles. The Morgan fingerprint density at radius 3 is 1.24 bits per heavy atom. The Morgan fingerprint density at radius 1 is 0.427 bits per heavy atom. The first-order chi connectivity index (χ1) is 53.4. The van der Waals surface area contributed by atoms with Crippen molar-refractivity contribution in [3.63, 3.8) is 0 Å². The summed E-state index contributed by atoms with van der Waals surface area (Å²) in [5.74, 6) is 2.43. The third-order valence-corrected chi connectivity index (χ3v) is 21.7. The number of para-hydroxylation sites is 4. The fraction of sp³-hybridized carbons (Fsp3) is 0.233. The van der Waals surface area contributed by atoms with Crippen molar-refractivity contribution < 1.29 is 62.6 Å². The number of aliphatic imine (C=N–C) groups is 2. The summed E-state index contributed by atoms with van der Waals surface area (Å²) in [7, 11) is 4.52. The topological polar surface area (TPSA) is 268 Å². The Kier molecular flexibility index (Phi) is 19.3. The lowest BCUT2D eigenvalue weighted by atomic mass is 9.99. The number of hydrogen-bond donors (Lipinski definition) is 1. The fourth-order valence-corrected chi connectivity index (χ4v) is 16.3. The van der Waals surface area contributed by atoms with Crippen molar-refractivity contribution in [1.29, 1.82) is 0 Å². The third kappa shape index (κ3) is 13.5. The van der Waals surface area contributed by atoms with E-state index in [1.54, 1.807) is 52.4 Å². The number of carbonyl (C=O) groups is 4. The van der Waals surface area contributed by atoms with Crippen LogP contribution in [0.15, 0.2) is 192 Å². The molecule has 1 N–H and O–H groups in total. The van der Waals surface area contributed by atoms with Crippen LogP contribution >= 0.6 is 11.6 Å². The molecule has 23 nitrogen and oxygen atoms in total. The van der Waals surface area contributed by atoms with Crippen LogP contribution in [0.3, 0.4) is 0 Å². The van der Waals surface area contributed by atoms with E-state index in [9.17, 15) is 44.5 Å². The highest BCUT2D eigenvalue weighted by atomic mass is 35.5. The van der Waals surface area contributed by atoms with Gasteiger partial charge in [-0.25, -0.2) is 0 Å². The summed E-state index contributed by atoms with van der Waals surface area (Å²) in [6, 6.07) is 55.1. The lowest BCUT2D eigenvalue weighted by Crippen LogP contribution is -2.37. The number of alkyl halides is 1. The summed E-state index contributed by atoms with van der Waals surface area (Å²) >= 11 is 5.90. The van der Waals surface area contributed by atoms with Gasteiger partial charge in [0.25, 0.3) is 35.0 Å². The highest BCUT2D eigenvalue weighted by Crippen LogP contribution is 2.46. The van der Waals surface area contributed by atoms with Gasteiger partial charge in [-0.3, -0.25) is 59.2 Å². The number of fused-ring (bicyclic) bond motifs is 16. The maximum atomic E-state index is 13.9. The quantitative estimate of drug-likeness (QED) is 0.0568. The Bertz CT molecular complexity index is 5530. The predicted octanol–water partition coefficient (Wildman–Crippen LogP) is 16.0. The molecule has 0 aliphatic carbocycles. The number of nitro groups is 2. The summed E-state index contributed by atoms with van der Waals surface area (Å²) < 4.78 is 34.8. The van der Waals surface area contributed by atoms with Crippen LogP contribution in [0.2, 0.25) is 0 Å². The number of nitro benzene ring substituents is 2. The van der Waals surface area contributed by atoms with Crippen LogP contribution < -0.4 is 48.0 Å². The van der Waals surface area contributed by atoms with E-state index in [1.165, 1.54) is 62.8 Å². The molecule has 8 heterocycles. The van der Waals surface area contributed by atoms with Gasteiger partial charge in [0.15, 0.2) is 34.5 Å². The second-order valence-corrected chi connectivity index (χ2v) is 28.4. The largest absolute Gasteiger partial charge is 0.504 e. The number of hydrogen-bond acceptors (Lipinski definition) is 17. The summed E-state index contributed by atoms with van der Waals surface area (Å²) in [5, 5.41) is 33.1. The van der Waals surface area contributed by atoms with E-state index in [0.29, 0.717) is 97.5 Å². The van der Waals surface area contributed by atoms with Crippen LogP contribution in [0.4, 0.5) is 45.5 Å². The van der Waals surface area contributed by atoms with Crippen LogP contribution in [0, 0.1) is 27.2 Å². The molecule has 554 valence electrons. The van der Waals surface area contributed by atoms with Gasteiger partial charge in [0.2, 0.25) is 0 Å². The number of ether oxygens (including phenoxy) is 6. The number of non-ortho nitro benzene ring substituents is 2. The van der Waals surface area contributed by atoms with E-state index in [4.69, 9.17) is 45.0 Å². The molecule has 0 spiro atoms. The number of carbonyl (C=O) groups excluding carboxylic acids is 4. The van der Waals surface area contributed by atoms with Crippen molar-refractivity contribution in [3.8, 4) is 40.2 Å². The van der Waals surface area contributed by atoms with Gasteiger partial charge in [-0.1, -0.05) is 78.9 Å². The Labute approximate surface area is 637 Å². The van der Waals surface area contributed by atoms with Crippen LogP contribution in [0.1, 0.15) is 115 Å². The summed E-state index contributed by atoms with van der Waals surface area (Å²) in [5.41, 5.74) is 16.3. The second kappa shape index (κ2) is 29.7. The Balaban J connectivity index is 0.000000139. The maximum Gasteiger partial charge on any atom is 0.270 e. The third-order valence-electron chi connectivity index (χ3n) is 21.4. The zero-order valence-corrected chi connectivity index (χ0v) is 61.1. The number of benzene rings is 10. The molecule has 4 amide bonds. The van der Waals surface area contributed by atoms with E-state index in [2.05, 4.69) is 17.1 Å². The van der Waals surface area contributed by atoms with E-state index in [1.807, 2.05) is 126 Å². The molecule has 8 aliphatic heterocycles. The highest BCUT2D eigenvalue weighted by Gasteiger charge is 2.42. The number of nitrogens with zero attached hydrogens (tertiary/aromatic N) is 8. The van der Waals surface area contributed by atoms with Crippen molar-refractivity contribution in [2.45, 2.75) is 108 Å². The highest BCUT2D eigenvalue weighted by molar-refractivity contribution is 6.17. The first kappa shape index (κ1) is 71.4. The number of aromatic hydroxyl groups is 1. The lowest BCUT2D eigenvalue weighted by molar-refractivity contribution is -0.385. The molecule has 18 rings (SSSR count). The molecule has 0 unspecified atom stereocenters. The monoisotopic (exact) mass is 1490 g/mol. The van der Waals surface area contributed by atoms with Crippen molar-refractivity contribution in [1.82, 2.24) is 0 Å². The average molecular weight is 1490 g/mol. The number of rotatable bonds is 15. The minimum absolute atomic E-state index is 0.0198. The normalized spacial score (nSPS) is 17.5. The van der Waals surface area contributed by atoms with Crippen LogP contribution in [-0.2, 0) is 64.2 Å². The van der Waals surface area contributed by atoms with E-state index in [0.717, 1.165) is 89.1 Å². The molecule has 0 saturated heterocycles. The predicted molar refractivity (Wildman–Crippen MR) is 416 cm³/mol. The molecule has 0 radical (unpaired) electrons. The molecule has 4 atom stereocenters. The van der Waals surface area contributed by atoms with Crippen molar-refractivity contribution in [2.75, 3.05) is 40.9 Å². The molecule has 0 fully saturated rings. The molecule has 24 heteroatoms. The minimum atomic E-state index is -0.446. The van der Waals surface area contributed by atoms with E-state index < -0.39 is 9.85 Å². The zero-order chi connectivity index (χ0) is 76.2. The molecule has 110 heavy (non-hydrogen) atoms. The number of aryl methyl sites for hydroxylation is 3. The zero-order valence-electron chi connectivity index (χ0n) is 60.4. The molecule has 0 bridgehead atoms. The van der Waals surface area contributed by atoms with Gasteiger partial charge >= 0.3 is 0 Å². The van der Waals surface area contributed by atoms with Gasteiger partial charge in [-0.05, 0) is 173 Å². The molecule has 0 aromatic heterocycles. The molecular formula is C86H73ClN8O15. The first-order valence-electron chi connectivity index (χ1n) is 36.1. The minimum Gasteiger partial charge on any atom is -0.504 e. The summed E-state index contributed by atoms with van der Waals surface area (Å²) in [6.07, 6.45) is 9.82. The van der Waals surface area contributed by atoms with Gasteiger partial charge in [0.1, 0.15) is 25.6 Å². The molecular weight excluding hydrogens is 1420 g/mol. The number of phenolic OH excluding ortho intramolecular Hbond substituents is 1. The maximum absolute atomic E-state index is 13.9.